The Balaban J connectivity index is 1.87. The Labute approximate surface area is 126 Å². The largest absolute Gasteiger partial charge is 0.396 e. The van der Waals surface area contributed by atoms with Crippen LogP contribution >= 0.6 is 15.9 Å². The zero-order chi connectivity index (χ0) is 14.5. The van der Waals surface area contributed by atoms with Crippen LogP contribution in [0.5, 0.6) is 0 Å². The molecule has 1 atom stereocenters. The van der Waals surface area contributed by atoms with E-state index in [1.165, 1.54) is 18.6 Å². The summed E-state index contributed by atoms with van der Waals surface area (Å²) in [5.74, 6) is -0.802. The topological polar surface area (TPSA) is 64.4 Å². The van der Waals surface area contributed by atoms with Crippen LogP contribution in [0.4, 0.5) is 10.1 Å². The van der Waals surface area contributed by atoms with Crippen molar-refractivity contribution in [2.75, 3.05) is 18.9 Å². The van der Waals surface area contributed by atoms with Crippen LogP contribution in [-0.4, -0.2) is 25.2 Å². The van der Waals surface area contributed by atoms with Crippen LogP contribution in [-0.2, 0) is 4.74 Å². The maximum Gasteiger partial charge on any atom is 0.252 e. The van der Waals surface area contributed by atoms with Gasteiger partial charge in [0.25, 0.3) is 5.91 Å². The highest BCUT2D eigenvalue weighted by Crippen LogP contribution is 2.22. The van der Waals surface area contributed by atoms with E-state index in [-0.39, 0.29) is 17.7 Å². The molecule has 1 aliphatic heterocycles. The molecule has 0 aromatic heterocycles. The van der Waals surface area contributed by atoms with Gasteiger partial charge in [0.05, 0.1) is 17.4 Å². The number of benzene rings is 1. The minimum Gasteiger partial charge on any atom is -0.396 e. The van der Waals surface area contributed by atoms with Crippen molar-refractivity contribution in [1.29, 1.82) is 0 Å². The third-order valence-electron chi connectivity index (χ3n) is 3.36. The highest BCUT2D eigenvalue weighted by atomic mass is 79.9. The zero-order valence-corrected chi connectivity index (χ0v) is 12.7. The molecule has 2 rings (SSSR count). The Morgan fingerprint density at radius 3 is 3.00 bits per heavy atom. The lowest BCUT2D eigenvalue weighted by Gasteiger charge is -2.22. The van der Waals surface area contributed by atoms with Gasteiger partial charge in [-0.05, 0) is 53.7 Å². The fourth-order valence-corrected chi connectivity index (χ4v) is 2.71. The molecule has 1 aromatic rings. The van der Waals surface area contributed by atoms with Gasteiger partial charge in [-0.25, -0.2) is 4.39 Å². The first-order valence-corrected chi connectivity index (χ1v) is 7.51. The fourth-order valence-electron chi connectivity index (χ4n) is 2.22. The summed E-state index contributed by atoms with van der Waals surface area (Å²) < 4.78 is 19.2. The molecule has 1 aromatic carbocycles. The van der Waals surface area contributed by atoms with Gasteiger partial charge < -0.3 is 15.8 Å². The molecule has 1 heterocycles. The molecule has 0 aliphatic carbocycles. The Morgan fingerprint density at radius 1 is 1.50 bits per heavy atom. The monoisotopic (exact) mass is 344 g/mol. The van der Waals surface area contributed by atoms with E-state index in [0.29, 0.717) is 16.6 Å². The van der Waals surface area contributed by atoms with E-state index in [1.807, 2.05) is 0 Å². The van der Waals surface area contributed by atoms with Gasteiger partial charge >= 0.3 is 0 Å². The van der Waals surface area contributed by atoms with Crippen molar-refractivity contribution >= 4 is 27.5 Å². The Hall–Kier alpha value is -1.14. The summed E-state index contributed by atoms with van der Waals surface area (Å²) in [6.07, 6.45) is 4.36. The van der Waals surface area contributed by atoms with Crippen molar-refractivity contribution < 1.29 is 13.9 Å². The quantitative estimate of drug-likeness (QED) is 0.825. The molecule has 1 saturated heterocycles. The molecular formula is C14H18BrFN2O2. The van der Waals surface area contributed by atoms with Crippen LogP contribution in [0.15, 0.2) is 16.6 Å². The van der Waals surface area contributed by atoms with Gasteiger partial charge in [0.15, 0.2) is 0 Å². The molecule has 0 bridgehead atoms. The van der Waals surface area contributed by atoms with Crippen molar-refractivity contribution in [1.82, 2.24) is 5.32 Å². The van der Waals surface area contributed by atoms with Crippen molar-refractivity contribution in [3.05, 3.63) is 28.0 Å². The molecule has 3 N–H and O–H groups in total. The van der Waals surface area contributed by atoms with E-state index in [1.54, 1.807) is 0 Å². The maximum atomic E-state index is 13.2. The Morgan fingerprint density at radius 2 is 2.30 bits per heavy atom. The van der Waals surface area contributed by atoms with Crippen LogP contribution in [0.3, 0.4) is 0 Å². The van der Waals surface area contributed by atoms with Crippen molar-refractivity contribution in [3.63, 3.8) is 0 Å². The number of halogens is 2. The second-order valence-electron chi connectivity index (χ2n) is 4.89. The summed E-state index contributed by atoms with van der Waals surface area (Å²) in [4.78, 5) is 12.0. The molecule has 1 amide bonds. The summed E-state index contributed by atoms with van der Waals surface area (Å²) in [7, 11) is 0. The second kappa shape index (κ2) is 7.04. The number of nitrogen functional groups attached to an aromatic ring is 1. The van der Waals surface area contributed by atoms with Gasteiger partial charge in [0.2, 0.25) is 0 Å². The fraction of sp³-hybridized carbons (Fsp3) is 0.500. The lowest BCUT2D eigenvalue weighted by atomic mass is 10.1. The van der Waals surface area contributed by atoms with Gasteiger partial charge in [-0.3, -0.25) is 4.79 Å². The molecule has 0 radical (unpaired) electrons. The van der Waals surface area contributed by atoms with Crippen molar-refractivity contribution in [2.24, 2.45) is 0 Å². The minimum absolute atomic E-state index is 0.0334. The van der Waals surface area contributed by atoms with E-state index in [0.717, 1.165) is 25.9 Å². The smallest absolute Gasteiger partial charge is 0.252 e. The first-order valence-electron chi connectivity index (χ1n) is 6.72. The number of nitrogens with one attached hydrogen (secondary N) is 1. The Kier molecular flexibility index (Phi) is 5.37. The van der Waals surface area contributed by atoms with Gasteiger partial charge in [0.1, 0.15) is 5.82 Å². The van der Waals surface area contributed by atoms with Gasteiger partial charge in [0, 0.05) is 17.6 Å². The van der Waals surface area contributed by atoms with E-state index >= 15 is 0 Å². The normalized spacial score (nSPS) is 18.8. The van der Waals surface area contributed by atoms with E-state index in [2.05, 4.69) is 21.2 Å². The first-order chi connectivity index (χ1) is 9.58. The lowest BCUT2D eigenvalue weighted by molar-refractivity contribution is 0.0117. The third-order valence-corrected chi connectivity index (χ3v) is 4.01. The number of hydrogen-bond acceptors (Lipinski definition) is 3. The number of amides is 1. The van der Waals surface area contributed by atoms with Gasteiger partial charge in [-0.1, -0.05) is 0 Å². The highest BCUT2D eigenvalue weighted by molar-refractivity contribution is 9.10. The Bertz CT molecular complexity index is 490. The molecule has 110 valence electrons. The molecule has 1 unspecified atom stereocenters. The van der Waals surface area contributed by atoms with Crippen molar-refractivity contribution in [3.8, 4) is 0 Å². The van der Waals surface area contributed by atoms with Gasteiger partial charge in [-0.15, -0.1) is 0 Å². The van der Waals surface area contributed by atoms with E-state index in [9.17, 15) is 9.18 Å². The van der Waals surface area contributed by atoms with Crippen LogP contribution in [0.2, 0.25) is 0 Å². The predicted molar refractivity (Wildman–Crippen MR) is 79.1 cm³/mol. The standard InChI is InChI=1S/C14H18BrFN2O2/c15-11-8-12(16)13(17)7-10(11)14(19)18-5-4-9-3-1-2-6-20-9/h7-9H,1-6,17H2,(H,18,19). The number of carbonyl (C=O) groups excluding carboxylic acids is 1. The summed E-state index contributed by atoms with van der Waals surface area (Å²) in [5.41, 5.74) is 5.78. The number of hydrogen-bond donors (Lipinski definition) is 2. The van der Waals surface area contributed by atoms with Crippen LogP contribution in [0, 0.1) is 5.82 Å². The second-order valence-corrected chi connectivity index (χ2v) is 5.74. The number of ether oxygens (including phenoxy) is 1. The lowest BCUT2D eigenvalue weighted by Crippen LogP contribution is -2.29. The number of carbonyl (C=O) groups is 1. The number of anilines is 1. The molecule has 6 heteroatoms. The summed E-state index contributed by atoms with van der Waals surface area (Å²) in [6.45, 7) is 1.34. The van der Waals surface area contributed by atoms with E-state index in [4.69, 9.17) is 10.5 Å². The zero-order valence-electron chi connectivity index (χ0n) is 11.1. The molecule has 1 aliphatic rings. The summed E-state index contributed by atoms with van der Waals surface area (Å²) >= 11 is 3.17. The molecular weight excluding hydrogens is 327 g/mol. The molecule has 0 saturated carbocycles. The van der Waals surface area contributed by atoms with E-state index < -0.39 is 5.82 Å². The summed E-state index contributed by atoms with van der Waals surface area (Å²) in [5, 5.41) is 2.81. The predicted octanol–water partition coefficient (Wildman–Crippen LogP) is 2.86. The first kappa shape index (κ1) is 15.3. The van der Waals surface area contributed by atoms with Crippen LogP contribution < -0.4 is 11.1 Å². The SMILES string of the molecule is Nc1cc(C(=O)NCCC2CCCCO2)c(Br)cc1F. The highest BCUT2D eigenvalue weighted by Gasteiger charge is 2.16. The molecule has 20 heavy (non-hydrogen) atoms. The number of nitrogens with two attached hydrogens (primary N) is 1. The number of rotatable bonds is 4. The van der Waals surface area contributed by atoms with Crippen molar-refractivity contribution in [2.45, 2.75) is 31.8 Å². The minimum atomic E-state index is -0.538. The average molecular weight is 345 g/mol. The van der Waals surface area contributed by atoms with Crippen LogP contribution in [0.1, 0.15) is 36.0 Å². The van der Waals surface area contributed by atoms with Gasteiger partial charge in [-0.2, -0.15) is 0 Å². The third kappa shape index (κ3) is 3.93. The van der Waals surface area contributed by atoms with Crippen LogP contribution in [0.25, 0.3) is 0 Å². The molecule has 0 spiro atoms. The molecule has 1 fully saturated rings. The molecule has 4 nitrogen and oxygen atoms in total. The maximum absolute atomic E-state index is 13.2. The average Bonchev–Trinajstić information content (AvgIpc) is 2.44. The summed E-state index contributed by atoms with van der Waals surface area (Å²) in [6, 6.07) is 2.54.